The molecule has 2 aromatic carbocycles. The van der Waals surface area contributed by atoms with Crippen LogP contribution in [0.3, 0.4) is 0 Å². The fourth-order valence-corrected chi connectivity index (χ4v) is 3.21. The largest absolute Gasteiger partial charge is 0.507 e. The van der Waals surface area contributed by atoms with Crippen LogP contribution in [-0.4, -0.2) is 55.5 Å². The maximum absolute atomic E-state index is 11.8. The van der Waals surface area contributed by atoms with E-state index in [0.717, 1.165) is 0 Å². The highest BCUT2D eigenvalue weighted by Gasteiger charge is 2.28. The smallest absolute Gasteiger partial charge is 0.219 e. The van der Waals surface area contributed by atoms with Gasteiger partial charge < -0.3 is 19.8 Å². The summed E-state index contributed by atoms with van der Waals surface area (Å²) in [5.41, 5.74) is 0.956. The Morgan fingerprint density at radius 3 is 2.36 bits per heavy atom. The highest BCUT2D eigenvalue weighted by Crippen LogP contribution is 2.34. The summed E-state index contributed by atoms with van der Waals surface area (Å²) in [6, 6.07) is 13.6. The lowest BCUT2D eigenvalue weighted by molar-refractivity contribution is -0.141. The molecular formula is C20H20N4O4. The van der Waals surface area contributed by atoms with E-state index in [-0.39, 0.29) is 17.4 Å². The number of carbonyl (C=O) groups excluding carboxylic acids is 1. The molecule has 1 aromatic heterocycles. The third kappa shape index (κ3) is 3.29. The normalized spacial score (nSPS) is 16.9. The first-order valence-electron chi connectivity index (χ1n) is 8.95. The van der Waals surface area contributed by atoms with Crippen molar-refractivity contribution in [1.29, 1.82) is 0 Å². The first kappa shape index (κ1) is 18.0. The minimum absolute atomic E-state index is 0.0431. The molecule has 1 amide bonds. The number of rotatable bonds is 3. The molecule has 1 fully saturated rings. The molecule has 4 rings (SSSR count). The molecule has 2 heterocycles. The Kier molecular flexibility index (Phi) is 4.70. The molecule has 1 atom stereocenters. The molecule has 1 saturated heterocycles. The third-order valence-corrected chi connectivity index (χ3v) is 4.69. The van der Waals surface area contributed by atoms with Gasteiger partial charge in [0.05, 0.1) is 24.3 Å². The number of hydrogen-bond acceptors (Lipinski definition) is 6. The summed E-state index contributed by atoms with van der Waals surface area (Å²) in [6.45, 7) is 2.72. The van der Waals surface area contributed by atoms with Gasteiger partial charge in [-0.2, -0.15) is 0 Å². The molecule has 8 heteroatoms. The maximum Gasteiger partial charge on any atom is 0.219 e. The van der Waals surface area contributed by atoms with Gasteiger partial charge in [-0.3, -0.25) is 4.79 Å². The maximum atomic E-state index is 11.8. The Labute approximate surface area is 161 Å². The highest BCUT2D eigenvalue weighted by molar-refractivity contribution is 5.73. The van der Waals surface area contributed by atoms with Crippen LogP contribution in [0.4, 0.5) is 0 Å². The molecule has 0 radical (unpaired) electrons. The van der Waals surface area contributed by atoms with Gasteiger partial charge in [0.1, 0.15) is 11.5 Å². The predicted molar refractivity (Wildman–Crippen MR) is 101 cm³/mol. The summed E-state index contributed by atoms with van der Waals surface area (Å²) in [5.74, 6) is 0.766. The second-order valence-electron chi connectivity index (χ2n) is 6.53. The molecule has 144 valence electrons. The van der Waals surface area contributed by atoms with E-state index >= 15 is 0 Å². The molecule has 3 aromatic rings. The fraction of sp³-hybridized carbons (Fsp3) is 0.250. The van der Waals surface area contributed by atoms with Crippen LogP contribution in [-0.2, 0) is 9.53 Å². The molecule has 0 aliphatic carbocycles. The molecular weight excluding hydrogens is 360 g/mol. The number of phenolic OH excluding ortho intramolecular Hbond substituents is 2. The lowest BCUT2D eigenvalue weighted by Gasteiger charge is -2.32. The van der Waals surface area contributed by atoms with Crippen molar-refractivity contribution in [2.24, 2.45) is 0 Å². The van der Waals surface area contributed by atoms with Gasteiger partial charge >= 0.3 is 0 Å². The molecule has 0 bridgehead atoms. The van der Waals surface area contributed by atoms with Crippen molar-refractivity contribution in [3.8, 4) is 34.3 Å². The number of benzene rings is 2. The van der Waals surface area contributed by atoms with Gasteiger partial charge in [0.25, 0.3) is 0 Å². The van der Waals surface area contributed by atoms with Crippen LogP contribution in [0.2, 0.25) is 0 Å². The topological polar surface area (TPSA) is 101 Å². The SMILES string of the molecule is CC(=O)N1CCOC(n2nc(-c3ccccc3O)nc2-c2ccccc2O)C1. The highest BCUT2D eigenvalue weighted by atomic mass is 16.5. The van der Waals surface area contributed by atoms with Gasteiger partial charge in [-0.15, -0.1) is 5.10 Å². The first-order valence-corrected chi connectivity index (χ1v) is 8.95. The predicted octanol–water partition coefficient (Wildman–Crippen LogP) is 2.40. The summed E-state index contributed by atoms with van der Waals surface area (Å²) in [6.07, 6.45) is -0.556. The fourth-order valence-electron chi connectivity index (χ4n) is 3.21. The van der Waals surface area contributed by atoms with E-state index < -0.39 is 6.23 Å². The Morgan fingerprint density at radius 2 is 1.71 bits per heavy atom. The average Bonchev–Trinajstić information content (AvgIpc) is 3.13. The third-order valence-electron chi connectivity index (χ3n) is 4.69. The van der Waals surface area contributed by atoms with Crippen molar-refractivity contribution in [1.82, 2.24) is 19.7 Å². The minimum atomic E-state index is -0.556. The second kappa shape index (κ2) is 7.32. The molecule has 1 unspecified atom stereocenters. The molecule has 0 spiro atoms. The molecule has 8 nitrogen and oxygen atoms in total. The number of amides is 1. The molecule has 28 heavy (non-hydrogen) atoms. The zero-order chi connectivity index (χ0) is 19.7. The van der Waals surface area contributed by atoms with E-state index in [1.807, 2.05) is 0 Å². The number of hydrogen-bond donors (Lipinski definition) is 2. The van der Waals surface area contributed by atoms with Crippen LogP contribution >= 0.6 is 0 Å². The standard InChI is InChI=1S/C20H20N4O4/c1-13(25)23-10-11-28-18(12-23)24-20(15-7-3-5-9-17(15)27)21-19(22-24)14-6-2-4-8-16(14)26/h2-9,18,26-27H,10-12H2,1H3. The Hall–Kier alpha value is -3.39. The van der Waals surface area contributed by atoms with Gasteiger partial charge in [0.2, 0.25) is 5.91 Å². The van der Waals surface area contributed by atoms with Crippen molar-refractivity contribution in [3.63, 3.8) is 0 Å². The van der Waals surface area contributed by atoms with Crippen LogP contribution < -0.4 is 0 Å². The van der Waals surface area contributed by atoms with E-state index in [4.69, 9.17) is 4.74 Å². The van der Waals surface area contributed by atoms with Gasteiger partial charge in [-0.25, -0.2) is 9.67 Å². The summed E-state index contributed by atoms with van der Waals surface area (Å²) >= 11 is 0. The minimum Gasteiger partial charge on any atom is -0.507 e. The number of carbonyl (C=O) groups is 1. The van der Waals surface area contributed by atoms with Gasteiger partial charge in [0.15, 0.2) is 17.9 Å². The Bertz CT molecular complexity index is 1020. The van der Waals surface area contributed by atoms with Crippen molar-refractivity contribution in [2.75, 3.05) is 19.7 Å². The van der Waals surface area contributed by atoms with Gasteiger partial charge in [0, 0.05) is 13.5 Å². The van der Waals surface area contributed by atoms with Crippen molar-refractivity contribution >= 4 is 5.91 Å². The van der Waals surface area contributed by atoms with Crippen molar-refractivity contribution in [2.45, 2.75) is 13.2 Å². The van der Waals surface area contributed by atoms with E-state index in [2.05, 4.69) is 10.1 Å². The van der Waals surface area contributed by atoms with Crippen LogP contribution in [0, 0.1) is 0 Å². The summed E-state index contributed by atoms with van der Waals surface area (Å²) in [7, 11) is 0. The molecule has 2 N–H and O–H groups in total. The quantitative estimate of drug-likeness (QED) is 0.724. The van der Waals surface area contributed by atoms with E-state index in [1.54, 1.807) is 58.1 Å². The summed E-state index contributed by atoms with van der Waals surface area (Å²) in [5, 5.41) is 25.1. The van der Waals surface area contributed by atoms with Crippen LogP contribution in [0.15, 0.2) is 48.5 Å². The number of nitrogens with zero attached hydrogens (tertiary/aromatic N) is 4. The second-order valence-corrected chi connectivity index (χ2v) is 6.53. The lowest BCUT2D eigenvalue weighted by Crippen LogP contribution is -2.43. The van der Waals surface area contributed by atoms with E-state index in [0.29, 0.717) is 42.5 Å². The van der Waals surface area contributed by atoms with E-state index in [1.165, 1.54) is 6.92 Å². The van der Waals surface area contributed by atoms with Crippen molar-refractivity contribution < 1.29 is 19.7 Å². The van der Waals surface area contributed by atoms with Crippen LogP contribution in [0.25, 0.3) is 22.8 Å². The van der Waals surface area contributed by atoms with Crippen LogP contribution in [0.1, 0.15) is 13.2 Å². The zero-order valence-electron chi connectivity index (χ0n) is 15.3. The number of para-hydroxylation sites is 2. The number of ether oxygens (including phenoxy) is 1. The average molecular weight is 380 g/mol. The molecule has 1 aliphatic heterocycles. The first-order chi connectivity index (χ1) is 13.5. The van der Waals surface area contributed by atoms with Gasteiger partial charge in [-0.1, -0.05) is 24.3 Å². The van der Waals surface area contributed by atoms with Crippen LogP contribution in [0.5, 0.6) is 11.5 Å². The molecule has 1 aliphatic rings. The number of phenols is 2. The lowest BCUT2D eigenvalue weighted by atomic mass is 10.1. The number of aromatic hydroxyl groups is 2. The Balaban J connectivity index is 1.83. The Morgan fingerprint density at radius 1 is 1.07 bits per heavy atom. The number of morpholine rings is 1. The molecule has 0 saturated carbocycles. The summed E-state index contributed by atoms with van der Waals surface area (Å²) < 4.78 is 7.41. The monoisotopic (exact) mass is 380 g/mol. The summed E-state index contributed by atoms with van der Waals surface area (Å²) in [4.78, 5) is 18.1. The van der Waals surface area contributed by atoms with Crippen molar-refractivity contribution in [3.05, 3.63) is 48.5 Å². The zero-order valence-corrected chi connectivity index (χ0v) is 15.3. The van der Waals surface area contributed by atoms with Gasteiger partial charge in [-0.05, 0) is 24.3 Å². The van der Waals surface area contributed by atoms with E-state index in [9.17, 15) is 15.0 Å². The number of aromatic nitrogens is 3.